The maximum absolute atomic E-state index is 11.8. The summed E-state index contributed by atoms with van der Waals surface area (Å²) in [5, 5.41) is 0.988. The van der Waals surface area contributed by atoms with Crippen molar-refractivity contribution in [2.24, 2.45) is 0 Å². The number of carbonyl (C=O) groups is 1. The Bertz CT molecular complexity index is 684. The van der Waals surface area contributed by atoms with E-state index in [1.165, 1.54) is 0 Å². The molecule has 0 aliphatic carbocycles. The number of hydrogen-bond acceptors (Lipinski definition) is 4. The molecule has 0 aliphatic rings. The molecular formula is C17H19NO3. The number of carbonyl (C=O) groups excluding carboxylic acids is 1. The van der Waals surface area contributed by atoms with Crippen LogP contribution in [0.25, 0.3) is 17.0 Å². The van der Waals surface area contributed by atoms with Crippen molar-refractivity contribution >= 4 is 23.1 Å². The summed E-state index contributed by atoms with van der Waals surface area (Å²) < 4.78 is 10.4. The van der Waals surface area contributed by atoms with Crippen molar-refractivity contribution in [2.75, 3.05) is 0 Å². The average Bonchev–Trinajstić information content (AvgIpc) is 2.37. The number of nitrogens with zero attached hydrogens (tertiary/aromatic N) is 1. The van der Waals surface area contributed by atoms with Gasteiger partial charge in [0.25, 0.3) is 0 Å². The van der Waals surface area contributed by atoms with E-state index in [0.29, 0.717) is 0 Å². The van der Waals surface area contributed by atoms with Gasteiger partial charge in [0.1, 0.15) is 5.60 Å². The lowest BCUT2D eigenvalue weighted by Crippen LogP contribution is -2.26. The normalized spacial score (nSPS) is 11.8. The molecule has 4 heteroatoms. The first-order valence-corrected chi connectivity index (χ1v) is 6.82. The smallest absolute Gasteiger partial charge is 0.428 e. The van der Waals surface area contributed by atoms with E-state index in [1.807, 2.05) is 49.4 Å². The van der Waals surface area contributed by atoms with Gasteiger partial charge in [-0.15, -0.1) is 0 Å². The lowest BCUT2D eigenvalue weighted by atomic mass is 10.1. The van der Waals surface area contributed by atoms with Gasteiger partial charge in [-0.1, -0.05) is 30.4 Å². The fourth-order valence-corrected chi connectivity index (χ4v) is 1.85. The molecule has 0 N–H and O–H groups in total. The van der Waals surface area contributed by atoms with E-state index in [1.54, 1.807) is 20.8 Å². The first-order valence-electron chi connectivity index (χ1n) is 6.82. The van der Waals surface area contributed by atoms with Crippen LogP contribution >= 0.6 is 0 Å². The molecule has 4 nitrogen and oxygen atoms in total. The Morgan fingerprint density at radius 3 is 2.62 bits per heavy atom. The summed E-state index contributed by atoms with van der Waals surface area (Å²) in [6, 6.07) is 9.60. The highest BCUT2D eigenvalue weighted by Crippen LogP contribution is 2.24. The average molecular weight is 285 g/mol. The second-order valence-electron chi connectivity index (χ2n) is 5.64. The molecule has 0 radical (unpaired) electrons. The number of benzene rings is 1. The molecular weight excluding hydrogens is 266 g/mol. The molecule has 0 bridgehead atoms. The number of pyridine rings is 1. The van der Waals surface area contributed by atoms with Gasteiger partial charge in [0.15, 0.2) is 0 Å². The van der Waals surface area contributed by atoms with Crippen LogP contribution in [-0.2, 0) is 4.74 Å². The van der Waals surface area contributed by atoms with Crippen LogP contribution in [0.3, 0.4) is 0 Å². The van der Waals surface area contributed by atoms with E-state index >= 15 is 0 Å². The number of hydrogen-bond donors (Lipinski definition) is 0. The van der Waals surface area contributed by atoms with E-state index in [-0.39, 0.29) is 5.88 Å². The summed E-state index contributed by atoms with van der Waals surface area (Å²) in [4.78, 5) is 16.2. The van der Waals surface area contributed by atoms with Crippen LogP contribution in [0.5, 0.6) is 5.88 Å². The Labute approximate surface area is 124 Å². The summed E-state index contributed by atoms with van der Waals surface area (Å²) >= 11 is 0. The van der Waals surface area contributed by atoms with E-state index in [2.05, 4.69) is 4.98 Å². The van der Waals surface area contributed by atoms with Crippen LogP contribution in [0.1, 0.15) is 33.3 Å². The largest absolute Gasteiger partial charge is 0.515 e. The minimum atomic E-state index is -0.754. The number of aromatic nitrogens is 1. The Morgan fingerprint density at radius 1 is 1.24 bits per heavy atom. The number of rotatable bonds is 2. The van der Waals surface area contributed by atoms with Crippen molar-refractivity contribution in [3.8, 4) is 5.88 Å². The first-order chi connectivity index (χ1) is 9.89. The highest BCUT2D eigenvalue weighted by molar-refractivity contribution is 5.83. The number of allylic oxidation sites excluding steroid dienone is 1. The van der Waals surface area contributed by atoms with Gasteiger partial charge in [0, 0.05) is 10.9 Å². The van der Waals surface area contributed by atoms with Crippen molar-refractivity contribution in [3.63, 3.8) is 0 Å². The third kappa shape index (κ3) is 4.05. The van der Waals surface area contributed by atoms with Crippen molar-refractivity contribution in [1.82, 2.24) is 4.98 Å². The van der Waals surface area contributed by atoms with Crippen LogP contribution in [0.4, 0.5) is 4.79 Å². The van der Waals surface area contributed by atoms with Crippen LogP contribution in [0.2, 0.25) is 0 Å². The standard InChI is InChI=1S/C17H19NO3/c1-5-8-13-11-12-9-6-7-10-14(12)18-15(13)20-16(19)21-17(2,3)4/h5-11H,1-4H3. The third-order valence-electron chi connectivity index (χ3n) is 2.63. The monoisotopic (exact) mass is 285 g/mol. The fraction of sp³-hybridized carbons (Fsp3) is 0.294. The molecule has 0 amide bonds. The SMILES string of the molecule is CC=Cc1cc2ccccc2nc1OC(=O)OC(C)(C)C. The van der Waals surface area contributed by atoms with Gasteiger partial charge in [-0.3, -0.25) is 0 Å². The number of para-hydroxylation sites is 1. The molecule has 2 rings (SSSR count). The van der Waals surface area contributed by atoms with Gasteiger partial charge in [0.05, 0.1) is 5.52 Å². The fourth-order valence-electron chi connectivity index (χ4n) is 1.85. The molecule has 21 heavy (non-hydrogen) atoms. The van der Waals surface area contributed by atoms with Crippen LogP contribution < -0.4 is 4.74 Å². The van der Waals surface area contributed by atoms with Gasteiger partial charge >= 0.3 is 6.16 Å². The zero-order chi connectivity index (χ0) is 15.5. The van der Waals surface area contributed by atoms with Crippen LogP contribution in [0.15, 0.2) is 36.4 Å². The van der Waals surface area contributed by atoms with Gasteiger partial charge in [-0.05, 0) is 39.8 Å². The maximum Gasteiger partial charge on any atom is 0.515 e. The van der Waals surface area contributed by atoms with Crippen molar-refractivity contribution in [3.05, 3.63) is 42.0 Å². The molecule has 1 aromatic heterocycles. The Hall–Kier alpha value is -2.36. The second kappa shape index (κ2) is 5.95. The van der Waals surface area contributed by atoms with E-state index in [4.69, 9.17) is 9.47 Å². The Kier molecular flexibility index (Phi) is 4.26. The Balaban J connectivity index is 2.37. The summed E-state index contributed by atoms with van der Waals surface area (Å²) in [5.74, 6) is 0.251. The summed E-state index contributed by atoms with van der Waals surface area (Å²) in [6.07, 6.45) is 2.96. The lowest BCUT2D eigenvalue weighted by molar-refractivity contribution is 0.0197. The third-order valence-corrected chi connectivity index (χ3v) is 2.63. The van der Waals surface area contributed by atoms with Crippen LogP contribution in [0, 0.1) is 0 Å². The highest BCUT2D eigenvalue weighted by Gasteiger charge is 2.19. The highest BCUT2D eigenvalue weighted by atomic mass is 16.7. The van der Waals surface area contributed by atoms with Crippen molar-refractivity contribution < 1.29 is 14.3 Å². The topological polar surface area (TPSA) is 48.4 Å². The predicted molar refractivity (Wildman–Crippen MR) is 83.3 cm³/mol. The van der Waals surface area contributed by atoms with Crippen molar-refractivity contribution in [1.29, 1.82) is 0 Å². The van der Waals surface area contributed by atoms with Gasteiger partial charge in [0.2, 0.25) is 5.88 Å². The quantitative estimate of drug-likeness (QED) is 0.758. The minimum Gasteiger partial charge on any atom is -0.428 e. The molecule has 1 heterocycles. The number of ether oxygens (including phenoxy) is 2. The molecule has 0 saturated heterocycles. The molecule has 0 unspecified atom stereocenters. The zero-order valence-corrected chi connectivity index (χ0v) is 12.7. The van der Waals surface area contributed by atoms with E-state index in [9.17, 15) is 4.79 Å². The maximum atomic E-state index is 11.8. The summed E-state index contributed by atoms with van der Waals surface area (Å²) in [7, 11) is 0. The first kappa shape index (κ1) is 15.0. The van der Waals surface area contributed by atoms with E-state index < -0.39 is 11.8 Å². The summed E-state index contributed by atoms with van der Waals surface area (Å²) in [5.41, 5.74) is 0.903. The van der Waals surface area contributed by atoms with Gasteiger partial charge in [-0.2, -0.15) is 0 Å². The predicted octanol–water partition coefficient (Wildman–Crippen LogP) is 4.58. The van der Waals surface area contributed by atoms with Crippen LogP contribution in [-0.4, -0.2) is 16.7 Å². The second-order valence-corrected chi connectivity index (χ2v) is 5.64. The molecule has 2 aromatic rings. The van der Waals surface area contributed by atoms with E-state index in [0.717, 1.165) is 16.5 Å². The molecule has 0 saturated carbocycles. The zero-order valence-electron chi connectivity index (χ0n) is 12.7. The molecule has 110 valence electrons. The summed E-state index contributed by atoms with van der Waals surface area (Å²) in [6.45, 7) is 7.26. The molecule has 0 fully saturated rings. The number of fused-ring (bicyclic) bond motifs is 1. The molecule has 1 aromatic carbocycles. The lowest BCUT2D eigenvalue weighted by Gasteiger charge is -2.18. The van der Waals surface area contributed by atoms with Gasteiger partial charge < -0.3 is 9.47 Å². The Morgan fingerprint density at radius 2 is 1.95 bits per heavy atom. The van der Waals surface area contributed by atoms with Crippen molar-refractivity contribution in [2.45, 2.75) is 33.3 Å². The molecule has 0 spiro atoms. The minimum absolute atomic E-state index is 0.251. The molecule has 0 atom stereocenters. The molecule has 0 aliphatic heterocycles. The van der Waals surface area contributed by atoms with Gasteiger partial charge in [-0.25, -0.2) is 9.78 Å².